The normalized spacial score (nSPS) is 11.3. The highest BCUT2D eigenvalue weighted by Gasteiger charge is 2.06. The third-order valence-electron chi connectivity index (χ3n) is 2.98. The van der Waals surface area contributed by atoms with Crippen LogP contribution >= 0.6 is 0 Å². The maximum atomic E-state index is 4.10. The first kappa shape index (κ1) is 16.8. The molecule has 0 fully saturated rings. The number of nitrogens with zero attached hydrogens (tertiary/aromatic N) is 1. The van der Waals surface area contributed by atoms with Crippen molar-refractivity contribution >= 4 is 0 Å². The first-order valence-electron chi connectivity index (χ1n) is 6.75. The number of hydrogen-bond acceptors (Lipinski definition) is 1. The van der Waals surface area contributed by atoms with Crippen LogP contribution in [-0.4, -0.2) is 11.4 Å². The molecule has 0 saturated carbocycles. The predicted octanol–water partition coefficient (Wildman–Crippen LogP) is 5.29. The van der Waals surface area contributed by atoms with E-state index in [0.29, 0.717) is 5.92 Å². The van der Waals surface area contributed by atoms with Crippen molar-refractivity contribution in [3.8, 4) is 0 Å². The van der Waals surface area contributed by atoms with Crippen molar-refractivity contribution in [2.45, 2.75) is 47.5 Å². The molecule has 102 valence electrons. The minimum Gasteiger partial charge on any atom is -0.349 e. The van der Waals surface area contributed by atoms with Gasteiger partial charge in [0.25, 0.3) is 0 Å². The number of hydrogen-bond donors (Lipinski definition) is 0. The lowest BCUT2D eigenvalue weighted by atomic mass is 10.1. The zero-order valence-electron chi connectivity index (χ0n) is 12.8. The summed E-state index contributed by atoms with van der Waals surface area (Å²) >= 11 is 0. The van der Waals surface area contributed by atoms with Crippen LogP contribution in [0.5, 0.6) is 0 Å². The van der Waals surface area contributed by atoms with Crippen LogP contribution in [-0.2, 0) is 0 Å². The highest BCUT2D eigenvalue weighted by molar-refractivity contribution is 5.08. The molecule has 0 aromatic carbocycles. The van der Waals surface area contributed by atoms with Crippen LogP contribution in [0.4, 0.5) is 0 Å². The minimum absolute atomic E-state index is 0.461. The lowest BCUT2D eigenvalue weighted by Crippen LogP contribution is -2.19. The first-order chi connectivity index (χ1) is 8.38. The van der Waals surface area contributed by atoms with Gasteiger partial charge in [-0.1, -0.05) is 50.3 Å². The van der Waals surface area contributed by atoms with Gasteiger partial charge in [0.05, 0.1) is 0 Å². The lowest BCUT2D eigenvalue weighted by molar-refractivity contribution is 0.454. The van der Waals surface area contributed by atoms with E-state index in [1.807, 2.05) is 6.20 Å². The van der Waals surface area contributed by atoms with Gasteiger partial charge in [0, 0.05) is 12.2 Å². The van der Waals surface area contributed by atoms with E-state index in [2.05, 4.69) is 64.8 Å². The zero-order chi connectivity index (χ0) is 14.1. The summed E-state index contributed by atoms with van der Waals surface area (Å²) in [6.45, 7) is 19.6. The van der Waals surface area contributed by atoms with Crippen LogP contribution in [0.15, 0.2) is 48.4 Å². The molecule has 0 aliphatic heterocycles. The van der Waals surface area contributed by atoms with E-state index in [1.165, 1.54) is 11.1 Å². The molecule has 0 rings (SSSR count). The van der Waals surface area contributed by atoms with Gasteiger partial charge in [0.15, 0.2) is 0 Å². The second-order valence-corrected chi connectivity index (χ2v) is 5.35. The average molecular weight is 247 g/mol. The molecule has 0 unspecified atom stereocenters. The van der Waals surface area contributed by atoms with Gasteiger partial charge in [0.2, 0.25) is 0 Å². The highest BCUT2D eigenvalue weighted by Crippen LogP contribution is 2.14. The van der Waals surface area contributed by atoms with Crippen molar-refractivity contribution in [1.82, 2.24) is 4.90 Å². The Labute approximate surface area is 114 Å². The van der Waals surface area contributed by atoms with Gasteiger partial charge >= 0.3 is 0 Å². The lowest BCUT2D eigenvalue weighted by Gasteiger charge is -2.24. The van der Waals surface area contributed by atoms with Crippen LogP contribution in [0.25, 0.3) is 0 Å². The fraction of sp³-hybridized carbons (Fsp3) is 0.529. The molecule has 0 spiro atoms. The molecular weight excluding hydrogens is 218 g/mol. The maximum Gasteiger partial charge on any atom is 0.0405 e. The molecule has 1 heteroatoms. The van der Waals surface area contributed by atoms with Gasteiger partial charge < -0.3 is 4.90 Å². The second kappa shape index (κ2) is 8.79. The van der Waals surface area contributed by atoms with Crippen LogP contribution in [0.1, 0.15) is 47.5 Å². The quantitative estimate of drug-likeness (QED) is 0.526. The van der Waals surface area contributed by atoms with Gasteiger partial charge in [-0.25, -0.2) is 0 Å². The molecule has 0 N–H and O–H groups in total. The van der Waals surface area contributed by atoms with Crippen molar-refractivity contribution in [2.75, 3.05) is 6.54 Å². The molecule has 0 saturated heterocycles. The molecule has 18 heavy (non-hydrogen) atoms. The van der Waals surface area contributed by atoms with Crippen molar-refractivity contribution in [2.24, 2.45) is 5.92 Å². The van der Waals surface area contributed by atoms with Gasteiger partial charge in [-0.3, -0.25) is 0 Å². The van der Waals surface area contributed by atoms with E-state index in [4.69, 9.17) is 0 Å². The van der Waals surface area contributed by atoms with Crippen molar-refractivity contribution < 1.29 is 0 Å². The maximum absolute atomic E-state index is 4.10. The molecule has 0 heterocycles. The fourth-order valence-electron chi connectivity index (χ4n) is 1.59. The second-order valence-electron chi connectivity index (χ2n) is 5.35. The molecule has 0 amide bonds. The summed E-state index contributed by atoms with van der Waals surface area (Å²) < 4.78 is 0. The summed E-state index contributed by atoms with van der Waals surface area (Å²) in [6.07, 6.45) is 8.68. The Balaban J connectivity index is 4.29. The van der Waals surface area contributed by atoms with Crippen molar-refractivity contribution in [3.63, 3.8) is 0 Å². The summed E-state index contributed by atoms with van der Waals surface area (Å²) in [5.74, 6) is 0.461. The van der Waals surface area contributed by atoms with Crippen LogP contribution in [0, 0.1) is 5.92 Å². The molecule has 0 aliphatic carbocycles. The molecule has 1 nitrogen and oxygen atoms in total. The van der Waals surface area contributed by atoms with Crippen molar-refractivity contribution in [3.05, 3.63) is 48.4 Å². The summed E-state index contributed by atoms with van der Waals surface area (Å²) in [5, 5.41) is 0. The Kier molecular flexibility index (Phi) is 8.19. The molecule has 0 aliphatic rings. The van der Waals surface area contributed by atoms with E-state index in [-0.39, 0.29) is 0 Å². The Bertz CT molecular complexity index is 328. The van der Waals surface area contributed by atoms with Crippen LogP contribution < -0.4 is 0 Å². The van der Waals surface area contributed by atoms with E-state index in [9.17, 15) is 0 Å². The summed E-state index contributed by atoms with van der Waals surface area (Å²) in [6, 6.07) is 0. The van der Waals surface area contributed by atoms with Gasteiger partial charge in [-0.15, -0.1) is 0 Å². The van der Waals surface area contributed by atoms with Gasteiger partial charge in [-0.2, -0.15) is 0 Å². The monoisotopic (exact) mass is 247 g/mol. The fourth-order valence-corrected chi connectivity index (χ4v) is 1.59. The van der Waals surface area contributed by atoms with Gasteiger partial charge in [-0.05, 0) is 45.7 Å². The van der Waals surface area contributed by atoms with E-state index in [1.54, 1.807) is 0 Å². The standard InChI is InChI=1S/C17H29N/c1-8-18(17(7)15(4)5)13-12-16(6)11-9-10-14(2)3/h8,10,12,15H,1,7,9,11,13H2,2-6H3/b16-12-. The summed E-state index contributed by atoms with van der Waals surface area (Å²) in [7, 11) is 0. The third kappa shape index (κ3) is 7.16. The Morgan fingerprint density at radius 3 is 2.22 bits per heavy atom. The zero-order valence-corrected chi connectivity index (χ0v) is 12.8. The molecule has 0 radical (unpaired) electrons. The van der Waals surface area contributed by atoms with E-state index in [0.717, 1.165) is 25.1 Å². The number of rotatable bonds is 8. The SMILES string of the molecule is C=CN(C/C=C(/C)CCC=C(C)C)C(=C)C(C)C. The molecule has 0 aromatic heterocycles. The molecular formula is C17H29N. The average Bonchev–Trinajstić information content (AvgIpc) is 2.28. The molecule has 0 atom stereocenters. The predicted molar refractivity (Wildman–Crippen MR) is 83.3 cm³/mol. The Hall–Kier alpha value is -1.24. The Morgan fingerprint density at radius 1 is 1.17 bits per heavy atom. The highest BCUT2D eigenvalue weighted by atomic mass is 15.1. The largest absolute Gasteiger partial charge is 0.349 e. The number of allylic oxidation sites excluding steroid dienone is 4. The topological polar surface area (TPSA) is 3.24 Å². The van der Waals surface area contributed by atoms with E-state index < -0.39 is 0 Å². The summed E-state index contributed by atoms with van der Waals surface area (Å²) in [5.41, 5.74) is 3.94. The minimum atomic E-state index is 0.461. The van der Waals surface area contributed by atoms with Crippen molar-refractivity contribution in [1.29, 1.82) is 0 Å². The molecule has 0 aromatic rings. The smallest absolute Gasteiger partial charge is 0.0405 e. The van der Waals surface area contributed by atoms with E-state index >= 15 is 0 Å². The van der Waals surface area contributed by atoms with Crippen LogP contribution in [0.3, 0.4) is 0 Å². The Morgan fingerprint density at radius 2 is 1.78 bits per heavy atom. The van der Waals surface area contributed by atoms with Gasteiger partial charge in [0.1, 0.15) is 0 Å². The van der Waals surface area contributed by atoms with Crippen LogP contribution in [0.2, 0.25) is 0 Å². The third-order valence-corrected chi connectivity index (χ3v) is 2.98. The summed E-state index contributed by atoms with van der Waals surface area (Å²) in [4.78, 5) is 2.12. The first-order valence-corrected chi connectivity index (χ1v) is 6.75. The molecule has 0 bridgehead atoms.